The molecule has 0 fully saturated rings. The van der Waals surface area contributed by atoms with Crippen molar-refractivity contribution in [1.29, 1.82) is 0 Å². The summed E-state index contributed by atoms with van der Waals surface area (Å²) in [5.74, 6) is 1.16. The van der Waals surface area contributed by atoms with Gasteiger partial charge >= 0.3 is 0 Å². The number of benzene rings is 1. The minimum absolute atomic E-state index is 0.496. The van der Waals surface area contributed by atoms with Crippen molar-refractivity contribution < 1.29 is 0 Å². The molecular formula is C11H8Cl2IN3. The fraction of sp³-hybridized carbons (Fsp3) is 0.0909. The van der Waals surface area contributed by atoms with E-state index in [1.807, 2.05) is 6.07 Å². The molecule has 1 heterocycles. The molecular weight excluding hydrogens is 372 g/mol. The van der Waals surface area contributed by atoms with Gasteiger partial charge in [-0.05, 0) is 40.3 Å². The summed E-state index contributed by atoms with van der Waals surface area (Å²) < 4.78 is 0.848. The Morgan fingerprint density at radius 3 is 2.65 bits per heavy atom. The zero-order valence-electron chi connectivity index (χ0n) is 8.62. The van der Waals surface area contributed by atoms with Crippen LogP contribution in [0.2, 0.25) is 10.0 Å². The van der Waals surface area contributed by atoms with E-state index < -0.39 is 0 Å². The maximum absolute atomic E-state index is 5.94. The molecule has 0 atom stereocenters. The largest absolute Gasteiger partial charge is 0.383 e. The Balaban J connectivity index is 2.25. The molecule has 2 N–H and O–H groups in total. The van der Waals surface area contributed by atoms with Crippen LogP contribution in [0.4, 0.5) is 5.82 Å². The highest BCUT2D eigenvalue weighted by atomic mass is 127. The van der Waals surface area contributed by atoms with E-state index in [0.29, 0.717) is 28.1 Å². The van der Waals surface area contributed by atoms with Crippen LogP contribution in [0.5, 0.6) is 0 Å². The van der Waals surface area contributed by atoms with Crippen molar-refractivity contribution in [2.24, 2.45) is 0 Å². The van der Waals surface area contributed by atoms with Gasteiger partial charge in [0.2, 0.25) is 0 Å². The van der Waals surface area contributed by atoms with Crippen LogP contribution in [0.3, 0.4) is 0 Å². The van der Waals surface area contributed by atoms with Gasteiger partial charge < -0.3 is 5.73 Å². The summed E-state index contributed by atoms with van der Waals surface area (Å²) in [6, 6.07) is 5.46. The monoisotopic (exact) mass is 379 g/mol. The second kappa shape index (κ2) is 5.37. The van der Waals surface area contributed by atoms with E-state index in [4.69, 9.17) is 28.9 Å². The van der Waals surface area contributed by atoms with E-state index in [-0.39, 0.29) is 0 Å². The molecule has 0 aliphatic heterocycles. The molecule has 0 spiro atoms. The number of nitrogens with two attached hydrogens (primary N) is 1. The third-order valence-corrected chi connectivity index (χ3v) is 3.74. The predicted octanol–water partition coefficient (Wildman–Crippen LogP) is 3.56. The molecule has 0 radical (unpaired) electrons. The maximum atomic E-state index is 5.94. The summed E-state index contributed by atoms with van der Waals surface area (Å²) >= 11 is 13.9. The van der Waals surface area contributed by atoms with E-state index in [9.17, 15) is 0 Å². The van der Waals surface area contributed by atoms with Crippen molar-refractivity contribution >= 4 is 51.6 Å². The van der Waals surface area contributed by atoms with Crippen molar-refractivity contribution in [3.63, 3.8) is 0 Å². The topological polar surface area (TPSA) is 51.8 Å². The third kappa shape index (κ3) is 3.20. The Morgan fingerprint density at radius 2 is 2.00 bits per heavy atom. The molecule has 3 nitrogen and oxygen atoms in total. The summed E-state index contributed by atoms with van der Waals surface area (Å²) in [4.78, 5) is 8.41. The number of nitrogen functional groups attached to an aromatic ring is 1. The summed E-state index contributed by atoms with van der Waals surface area (Å²) in [5, 5.41) is 1.07. The van der Waals surface area contributed by atoms with Crippen molar-refractivity contribution in [1.82, 2.24) is 9.97 Å². The van der Waals surface area contributed by atoms with Gasteiger partial charge in [-0.3, -0.25) is 0 Å². The molecule has 1 aromatic carbocycles. The minimum atomic E-state index is 0.496. The molecule has 0 amide bonds. The first-order valence-electron chi connectivity index (χ1n) is 4.77. The zero-order chi connectivity index (χ0) is 12.4. The van der Waals surface area contributed by atoms with Crippen molar-refractivity contribution in [2.75, 3.05) is 5.73 Å². The van der Waals surface area contributed by atoms with Crippen LogP contribution < -0.4 is 5.73 Å². The lowest BCUT2D eigenvalue weighted by Gasteiger charge is -2.04. The number of hydrogen-bond acceptors (Lipinski definition) is 3. The molecule has 6 heteroatoms. The van der Waals surface area contributed by atoms with E-state index in [2.05, 4.69) is 32.6 Å². The van der Waals surface area contributed by atoms with Gasteiger partial charge in [0.15, 0.2) is 0 Å². The van der Waals surface area contributed by atoms with E-state index in [0.717, 1.165) is 9.13 Å². The van der Waals surface area contributed by atoms with E-state index >= 15 is 0 Å². The second-order valence-corrected chi connectivity index (χ2v) is 5.42. The Morgan fingerprint density at radius 1 is 1.24 bits per heavy atom. The predicted molar refractivity (Wildman–Crippen MR) is 78.4 cm³/mol. The molecule has 0 aliphatic carbocycles. The van der Waals surface area contributed by atoms with Crippen LogP contribution in [-0.4, -0.2) is 9.97 Å². The Labute approximate surface area is 123 Å². The molecule has 17 heavy (non-hydrogen) atoms. The van der Waals surface area contributed by atoms with Crippen LogP contribution >= 0.6 is 45.8 Å². The van der Waals surface area contributed by atoms with Gasteiger partial charge in [-0.2, -0.15) is 0 Å². The van der Waals surface area contributed by atoms with Gasteiger partial charge in [-0.1, -0.05) is 29.3 Å². The molecule has 0 aliphatic rings. The van der Waals surface area contributed by atoms with Crippen LogP contribution in [0, 0.1) is 3.57 Å². The molecule has 2 aromatic rings. The van der Waals surface area contributed by atoms with E-state index in [1.54, 1.807) is 18.3 Å². The van der Waals surface area contributed by atoms with Gasteiger partial charge in [0, 0.05) is 12.6 Å². The molecule has 88 valence electrons. The smallest absolute Gasteiger partial charge is 0.140 e. The third-order valence-electron chi connectivity index (χ3n) is 2.17. The lowest BCUT2D eigenvalue weighted by atomic mass is 10.1. The fourth-order valence-corrected chi connectivity index (χ4v) is 1.92. The van der Waals surface area contributed by atoms with Gasteiger partial charge in [-0.15, -0.1) is 0 Å². The number of nitrogens with zero attached hydrogens (tertiary/aromatic N) is 2. The first-order valence-corrected chi connectivity index (χ1v) is 6.60. The molecule has 0 bridgehead atoms. The fourth-order valence-electron chi connectivity index (χ4n) is 1.34. The summed E-state index contributed by atoms with van der Waals surface area (Å²) in [6.07, 6.45) is 2.29. The van der Waals surface area contributed by atoms with Gasteiger partial charge in [-0.25, -0.2) is 9.97 Å². The van der Waals surface area contributed by atoms with Crippen LogP contribution in [0.25, 0.3) is 0 Å². The first-order chi connectivity index (χ1) is 8.06. The number of hydrogen-bond donors (Lipinski definition) is 1. The standard InChI is InChI=1S/C11H8Cl2IN3/c12-7-2-1-6(3-8(7)13)4-10-16-5-9(14)11(15)17-10/h1-3,5H,4H2,(H2,15,16,17). The van der Waals surface area contributed by atoms with Crippen molar-refractivity contribution in [3.05, 3.63) is 49.4 Å². The highest BCUT2D eigenvalue weighted by molar-refractivity contribution is 14.1. The molecule has 0 unspecified atom stereocenters. The van der Waals surface area contributed by atoms with Crippen LogP contribution in [0.1, 0.15) is 11.4 Å². The number of aromatic nitrogens is 2. The average Bonchev–Trinajstić information content (AvgIpc) is 2.29. The Bertz CT molecular complexity index is 511. The molecule has 2 rings (SSSR count). The van der Waals surface area contributed by atoms with Gasteiger partial charge in [0.1, 0.15) is 11.6 Å². The minimum Gasteiger partial charge on any atom is -0.383 e. The van der Waals surface area contributed by atoms with Crippen molar-refractivity contribution in [3.8, 4) is 0 Å². The lowest BCUT2D eigenvalue weighted by Crippen LogP contribution is -2.02. The summed E-state index contributed by atoms with van der Waals surface area (Å²) in [6.45, 7) is 0. The lowest BCUT2D eigenvalue weighted by molar-refractivity contribution is 0.968. The molecule has 1 aromatic heterocycles. The molecule has 0 saturated carbocycles. The van der Waals surface area contributed by atoms with Gasteiger partial charge in [0.25, 0.3) is 0 Å². The SMILES string of the molecule is Nc1nc(Cc2ccc(Cl)c(Cl)c2)ncc1I. The number of anilines is 1. The molecule has 0 saturated heterocycles. The van der Waals surface area contributed by atoms with Gasteiger partial charge in [0.05, 0.1) is 13.6 Å². The first kappa shape index (κ1) is 12.9. The highest BCUT2D eigenvalue weighted by Gasteiger charge is 2.05. The number of rotatable bonds is 2. The Kier molecular flexibility index (Phi) is 4.06. The van der Waals surface area contributed by atoms with Crippen LogP contribution in [0.15, 0.2) is 24.4 Å². The van der Waals surface area contributed by atoms with Crippen molar-refractivity contribution in [2.45, 2.75) is 6.42 Å². The average molecular weight is 380 g/mol. The number of halogens is 3. The van der Waals surface area contributed by atoms with Crippen LogP contribution in [-0.2, 0) is 6.42 Å². The maximum Gasteiger partial charge on any atom is 0.140 e. The summed E-state index contributed by atoms with van der Waals surface area (Å²) in [7, 11) is 0. The highest BCUT2D eigenvalue weighted by Crippen LogP contribution is 2.23. The summed E-state index contributed by atoms with van der Waals surface area (Å²) in [5.41, 5.74) is 6.72. The Hall–Kier alpha value is -0.590. The quantitative estimate of drug-likeness (QED) is 0.811. The zero-order valence-corrected chi connectivity index (χ0v) is 12.3. The normalized spacial score (nSPS) is 10.5. The van der Waals surface area contributed by atoms with E-state index in [1.165, 1.54) is 0 Å². The second-order valence-electron chi connectivity index (χ2n) is 3.44.